The van der Waals surface area contributed by atoms with Gasteiger partial charge in [0.1, 0.15) is 0 Å². The molecule has 4 amide bonds. The molecular weight excluding hydrogens is 400 g/mol. The molecule has 172 valence electrons. The predicted molar refractivity (Wildman–Crippen MR) is 131 cm³/mol. The van der Waals surface area contributed by atoms with E-state index in [-0.39, 0.29) is 12.1 Å². The maximum Gasteiger partial charge on any atom is 0.319 e. The summed E-state index contributed by atoms with van der Waals surface area (Å²) in [5.74, 6) is 0.877. The van der Waals surface area contributed by atoms with Gasteiger partial charge in [-0.15, -0.1) is 0 Å². The third-order valence-corrected chi connectivity index (χ3v) is 6.23. The Morgan fingerprint density at radius 1 is 0.719 bits per heavy atom. The zero-order valence-electron chi connectivity index (χ0n) is 19.2. The summed E-state index contributed by atoms with van der Waals surface area (Å²) < 4.78 is 0. The van der Waals surface area contributed by atoms with Crippen molar-refractivity contribution in [1.29, 1.82) is 0 Å². The summed E-state index contributed by atoms with van der Waals surface area (Å²) in [4.78, 5) is 24.5. The van der Waals surface area contributed by atoms with Crippen molar-refractivity contribution in [3.8, 4) is 0 Å². The lowest BCUT2D eigenvalue weighted by atomic mass is 9.81. The van der Waals surface area contributed by atoms with Gasteiger partial charge in [-0.05, 0) is 79.3 Å². The van der Waals surface area contributed by atoms with E-state index in [9.17, 15) is 9.59 Å². The number of hydrogen-bond acceptors (Lipinski definition) is 2. The monoisotopic (exact) mass is 436 g/mol. The molecule has 0 unspecified atom stereocenters. The minimum Gasteiger partial charge on any atom is -0.338 e. The number of rotatable bonds is 8. The molecule has 0 aliphatic heterocycles. The van der Waals surface area contributed by atoms with Crippen molar-refractivity contribution in [3.63, 3.8) is 0 Å². The summed E-state index contributed by atoms with van der Waals surface area (Å²) in [5, 5.41) is 11.8. The molecule has 4 N–H and O–H groups in total. The number of benzene rings is 2. The van der Waals surface area contributed by atoms with Gasteiger partial charge in [0.15, 0.2) is 0 Å². The fraction of sp³-hybridized carbons (Fsp3) is 0.462. The number of amides is 4. The van der Waals surface area contributed by atoms with Gasteiger partial charge in [-0.2, -0.15) is 0 Å². The lowest BCUT2D eigenvalue weighted by molar-refractivity contribution is 0.230. The molecular formula is C26H36N4O2. The van der Waals surface area contributed by atoms with Gasteiger partial charge in [0.05, 0.1) is 0 Å². The van der Waals surface area contributed by atoms with Crippen LogP contribution in [0.2, 0.25) is 0 Å². The summed E-state index contributed by atoms with van der Waals surface area (Å²) in [6.45, 7) is 5.54. The first-order chi connectivity index (χ1) is 15.6. The van der Waals surface area contributed by atoms with Crippen LogP contribution in [0.5, 0.6) is 0 Å². The van der Waals surface area contributed by atoms with E-state index < -0.39 is 0 Å². The summed E-state index contributed by atoms with van der Waals surface area (Å²) in [6.07, 6.45) is 6.32. The average molecular weight is 437 g/mol. The molecule has 2 aromatic rings. The Balaban J connectivity index is 1.35. The fourth-order valence-electron chi connectivity index (χ4n) is 4.25. The number of anilines is 2. The van der Waals surface area contributed by atoms with E-state index in [1.807, 2.05) is 48.5 Å². The molecule has 1 saturated carbocycles. The minimum absolute atomic E-state index is 0.164. The molecule has 0 heterocycles. The second-order valence-corrected chi connectivity index (χ2v) is 8.67. The van der Waals surface area contributed by atoms with Crippen molar-refractivity contribution < 1.29 is 9.59 Å². The lowest BCUT2D eigenvalue weighted by Gasteiger charge is -2.29. The molecule has 0 spiro atoms. The summed E-state index contributed by atoms with van der Waals surface area (Å²) in [5.41, 5.74) is 4.11. The number of nitrogens with one attached hydrogen (secondary N) is 4. The van der Waals surface area contributed by atoms with Gasteiger partial charge in [0.25, 0.3) is 0 Å². The molecule has 2 atom stereocenters. The van der Waals surface area contributed by atoms with Gasteiger partial charge in [0.2, 0.25) is 0 Å². The molecule has 1 aliphatic rings. The van der Waals surface area contributed by atoms with Crippen LogP contribution in [0.1, 0.15) is 50.7 Å². The van der Waals surface area contributed by atoms with Gasteiger partial charge in [-0.3, -0.25) is 0 Å². The van der Waals surface area contributed by atoms with E-state index in [1.165, 1.54) is 11.1 Å². The SMILES string of the molecule is CCc1ccc(NC(=O)NC[C@H]2CCC[C@H](CNC(=O)Nc3ccc(CC)cc3)C2)cc1. The largest absolute Gasteiger partial charge is 0.338 e. The normalized spacial score (nSPS) is 17.9. The maximum atomic E-state index is 12.2. The van der Waals surface area contributed by atoms with E-state index in [1.54, 1.807) is 0 Å². The van der Waals surface area contributed by atoms with E-state index in [2.05, 4.69) is 35.1 Å². The van der Waals surface area contributed by atoms with Crippen LogP contribution in [0.3, 0.4) is 0 Å². The van der Waals surface area contributed by atoms with Crippen LogP contribution in [0.4, 0.5) is 21.0 Å². The van der Waals surface area contributed by atoms with E-state index in [0.29, 0.717) is 24.9 Å². The predicted octanol–water partition coefficient (Wildman–Crippen LogP) is 5.56. The van der Waals surface area contributed by atoms with Crippen LogP contribution >= 0.6 is 0 Å². The van der Waals surface area contributed by atoms with E-state index >= 15 is 0 Å². The van der Waals surface area contributed by atoms with E-state index in [4.69, 9.17) is 0 Å². The average Bonchev–Trinajstić information content (AvgIpc) is 2.83. The maximum absolute atomic E-state index is 12.2. The molecule has 2 aromatic carbocycles. The van der Waals surface area contributed by atoms with Crippen molar-refractivity contribution in [2.24, 2.45) is 11.8 Å². The first-order valence-corrected chi connectivity index (χ1v) is 11.8. The first kappa shape index (κ1) is 23.6. The van der Waals surface area contributed by atoms with Gasteiger partial charge in [0, 0.05) is 24.5 Å². The quantitative estimate of drug-likeness (QED) is 0.437. The van der Waals surface area contributed by atoms with Crippen LogP contribution in [-0.2, 0) is 12.8 Å². The van der Waals surface area contributed by atoms with Crippen molar-refractivity contribution in [2.45, 2.75) is 52.4 Å². The second-order valence-electron chi connectivity index (χ2n) is 8.67. The molecule has 3 rings (SSSR count). The van der Waals surface area contributed by atoms with Gasteiger partial charge in [-0.25, -0.2) is 9.59 Å². The highest BCUT2D eigenvalue weighted by Crippen LogP contribution is 2.28. The topological polar surface area (TPSA) is 82.3 Å². The molecule has 32 heavy (non-hydrogen) atoms. The molecule has 0 bridgehead atoms. The zero-order valence-corrected chi connectivity index (χ0v) is 19.2. The van der Waals surface area contributed by atoms with E-state index in [0.717, 1.165) is 49.9 Å². The van der Waals surface area contributed by atoms with Crippen molar-refractivity contribution in [3.05, 3.63) is 59.7 Å². The molecule has 0 saturated heterocycles. The third-order valence-electron chi connectivity index (χ3n) is 6.23. The Bertz CT molecular complexity index is 793. The number of urea groups is 2. The van der Waals surface area contributed by atoms with Crippen LogP contribution in [-0.4, -0.2) is 25.2 Å². The van der Waals surface area contributed by atoms with Crippen LogP contribution in [0, 0.1) is 11.8 Å². The zero-order chi connectivity index (χ0) is 22.8. The molecule has 1 aliphatic carbocycles. The lowest BCUT2D eigenvalue weighted by Crippen LogP contribution is -2.38. The summed E-state index contributed by atoms with van der Waals surface area (Å²) in [6, 6.07) is 15.5. The highest BCUT2D eigenvalue weighted by Gasteiger charge is 2.23. The first-order valence-electron chi connectivity index (χ1n) is 11.8. The van der Waals surface area contributed by atoms with Crippen molar-refractivity contribution in [1.82, 2.24) is 10.6 Å². The Morgan fingerprint density at radius 2 is 1.12 bits per heavy atom. The summed E-state index contributed by atoms with van der Waals surface area (Å²) >= 11 is 0. The van der Waals surface area contributed by atoms with Gasteiger partial charge >= 0.3 is 12.1 Å². The highest BCUT2D eigenvalue weighted by atomic mass is 16.2. The number of aryl methyl sites for hydroxylation is 2. The van der Waals surface area contributed by atoms with Gasteiger partial charge < -0.3 is 21.3 Å². The Hall–Kier alpha value is -3.02. The molecule has 0 aromatic heterocycles. The molecule has 0 radical (unpaired) electrons. The molecule has 1 fully saturated rings. The second kappa shape index (κ2) is 12.1. The summed E-state index contributed by atoms with van der Waals surface area (Å²) in [7, 11) is 0. The standard InChI is InChI=1S/C26H36N4O2/c1-3-19-8-12-23(13-9-19)29-25(31)27-17-21-6-5-7-22(16-21)18-28-26(32)30-24-14-10-20(4-2)11-15-24/h8-15,21-22H,3-7,16-18H2,1-2H3,(H2,27,29,31)(H2,28,30,32)/t21-,22-/m0/s1. The van der Waals surface area contributed by atoms with Crippen molar-refractivity contribution in [2.75, 3.05) is 23.7 Å². The number of carbonyl (C=O) groups is 2. The van der Waals surface area contributed by atoms with Crippen LogP contribution in [0.15, 0.2) is 48.5 Å². The number of carbonyl (C=O) groups excluding carboxylic acids is 2. The fourth-order valence-corrected chi connectivity index (χ4v) is 4.25. The van der Waals surface area contributed by atoms with Gasteiger partial charge in [-0.1, -0.05) is 44.5 Å². The Labute approximate surface area is 191 Å². The number of hydrogen-bond donors (Lipinski definition) is 4. The molecule has 6 nitrogen and oxygen atoms in total. The highest BCUT2D eigenvalue weighted by molar-refractivity contribution is 5.89. The molecule has 6 heteroatoms. The minimum atomic E-state index is -0.164. The van der Waals surface area contributed by atoms with Crippen LogP contribution in [0.25, 0.3) is 0 Å². The van der Waals surface area contributed by atoms with Crippen LogP contribution < -0.4 is 21.3 Å². The Morgan fingerprint density at radius 3 is 1.50 bits per heavy atom. The Kier molecular flexibility index (Phi) is 8.96. The third kappa shape index (κ3) is 7.59. The van der Waals surface area contributed by atoms with Crippen molar-refractivity contribution >= 4 is 23.4 Å². The smallest absolute Gasteiger partial charge is 0.319 e.